The summed E-state index contributed by atoms with van der Waals surface area (Å²) in [5.41, 5.74) is 1.52. The van der Waals surface area contributed by atoms with E-state index in [4.69, 9.17) is 4.74 Å². The summed E-state index contributed by atoms with van der Waals surface area (Å²) >= 11 is 0. The average molecular weight is 313 g/mol. The molecule has 1 aromatic heterocycles. The van der Waals surface area contributed by atoms with Gasteiger partial charge in [-0.15, -0.1) is 0 Å². The monoisotopic (exact) mass is 313 g/mol. The zero-order chi connectivity index (χ0) is 16.7. The van der Waals surface area contributed by atoms with Gasteiger partial charge in [0.25, 0.3) is 5.91 Å². The average Bonchev–Trinajstić information content (AvgIpc) is 2.55. The Labute approximate surface area is 137 Å². The van der Waals surface area contributed by atoms with Crippen LogP contribution in [0.3, 0.4) is 0 Å². The van der Waals surface area contributed by atoms with Gasteiger partial charge >= 0.3 is 0 Å². The van der Waals surface area contributed by atoms with Gasteiger partial charge in [-0.05, 0) is 38.7 Å². The lowest BCUT2D eigenvalue weighted by Crippen LogP contribution is -2.35. The molecule has 2 rings (SSSR count). The van der Waals surface area contributed by atoms with Gasteiger partial charge in [0.05, 0.1) is 12.6 Å². The molecular formula is C18H23N3O2. The number of carbonyl (C=O) groups is 1. The fraction of sp³-hybridized carbons (Fsp3) is 0.333. The van der Waals surface area contributed by atoms with Gasteiger partial charge in [-0.2, -0.15) is 0 Å². The van der Waals surface area contributed by atoms with Crippen LogP contribution in [0.5, 0.6) is 5.88 Å². The number of rotatable bonds is 7. The highest BCUT2D eigenvalue weighted by atomic mass is 16.5. The Balaban J connectivity index is 2.21. The number of pyridine rings is 1. The summed E-state index contributed by atoms with van der Waals surface area (Å²) in [6, 6.07) is 13.3. The Morgan fingerprint density at radius 2 is 1.96 bits per heavy atom. The maximum Gasteiger partial charge on any atom is 0.257 e. The molecule has 0 spiro atoms. The molecule has 0 aliphatic heterocycles. The topological polar surface area (TPSA) is 54.5 Å². The molecule has 0 aliphatic rings. The van der Waals surface area contributed by atoms with Crippen molar-refractivity contribution in [1.29, 1.82) is 0 Å². The first-order valence-corrected chi connectivity index (χ1v) is 7.70. The lowest BCUT2D eigenvalue weighted by atomic mass is 10.1. The third-order valence-corrected chi connectivity index (χ3v) is 3.35. The highest BCUT2D eigenvalue weighted by molar-refractivity contribution is 5.96. The summed E-state index contributed by atoms with van der Waals surface area (Å²) < 4.78 is 5.44. The fourth-order valence-electron chi connectivity index (χ4n) is 2.34. The van der Waals surface area contributed by atoms with Crippen LogP contribution in [0.4, 0.5) is 0 Å². The molecule has 1 N–H and O–H groups in total. The lowest BCUT2D eigenvalue weighted by molar-refractivity contribution is 0.0925. The van der Waals surface area contributed by atoms with Crippen LogP contribution in [0.25, 0.3) is 0 Å². The molecule has 1 unspecified atom stereocenters. The smallest absolute Gasteiger partial charge is 0.257 e. The number of nitrogens with one attached hydrogen (secondary N) is 1. The highest BCUT2D eigenvalue weighted by Gasteiger charge is 2.19. The van der Waals surface area contributed by atoms with Crippen LogP contribution in [0.1, 0.15) is 28.9 Å². The van der Waals surface area contributed by atoms with E-state index in [2.05, 4.69) is 10.3 Å². The molecule has 0 radical (unpaired) electrons. The van der Waals surface area contributed by atoms with Gasteiger partial charge in [-0.1, -0.05) is 30.3 Å². The number of carbonyl (C=O) groups excluding carboxylic acids is 1. The van der Waals surface area contributed by atoms with Crippen molar-refractivity contribution >= 4 is 5.91 Å². The Hall–Kier alpha value is -2.40. The van der Waals surface area contributed by atoms with Crippen molar-refractivity contribution in [2.45, 2.75) is 13.0 Å². The van der Waals surface area contributed by atoms with Crippen molar-refractivity contribution < 1.29 is 9.53 Å². The quantitative estimate of drug-likeness (QED) is 0.853. The van der Waals surface area contributed by atoms with Gasteiger partial charge in [-0.3, -0.25) is 4.79 Å². The summed E-state index contributed by atoms with van der Waals surface area (Å²) in [6.07, 6.45) is 1.62. The summed E-state index contributed by atoms with van der Waals surface area (Å²) in [7, 11) is 3.97. The van der Waals surface area contributed by atoms with Gasteiger partial charge in [0.1, 0.15) is 5.56 Å². The molecule has 2 aromatic rings. The largest absolute Gasteiger partial charge is 0.477 e. The molecule has 5 heteroatoms. The second-order valence-electron chi connectivity index (χ2n) is 5.49. The van der Waals surface area contributed by atoms with Crippen LogP contribution >= 0.6 is 0 Å². The van der Waals surface area contributed by atoms with E-state index in [9.17, 15) is 4.79 Å². The van der Waals surface area contributed by atoms with E-state index in [1.54, 1.807) is 18.3 Å². The summed E-state index contributed by atoms with van der Waals surface area (Å²) in [4.78, 5) is 18.8. The normalized spacial score (nSPS) is 12.0. The van der Waals surface area contributed by atoms with Crippen molar-refractivity contribution in [1.82, 2.24) is 15.2 Å². The van der Waals surface area contributed by atoms with Crippen LogP contribution < -0.4 is 10.1 Å². The molecule has 1 heterocycles. The first-order valence-electron chi connectivity index (χ1n) is 7.70. The number of amides is 1. The van der Waals surface area contributed by atoms with E-state index in [0.717, 1.165) is 5.56 Å². The van der Waals surface area contributed by atoms with Crippen molar-refractivity contribution in [3.8, 4) is 5.88 Å². The lowest BCUT2D eigenvalue weighted by Gasteiger charge is -2.23. The summed E-state index contributed by atoms with van der Waals surface area (Å²) in [6.45, 7) is 3.05. The van der Waals surface area contributed by atoms with Crippen molar-refractivity contribution in [2.75, 3.05) is 27.2 Å². The minimum Gasteiger partial charge on any atom is -0.477 e. The molecule has 0 saturated heterocycles. The van der Waals surface area contributed by atoms with E-state index in [1.807, 2.05) is 56.3 Å². The molecule has 0 fully saturated rings. The molecular weight excluding hydrogens is 290 g/mol. The minimum atomic E-state index is -0.183. The van der Waals surface area contributed by atoms with E-state index >= 15 is 0 Å². The van der Waals surface area contributed by atoms with Gasteiger partial charge < -0.3 is 15.0 Å². The molecule has 0 saturated carbocycles. The molecule has 1 amide bonds. The van der Waals surface area contributed by atoms with Crippen molar-refractivity contribution in [3.05, 3.63) is 59.8 Å². The molecule has 1 atom stereocenters. The Bertz CT molecular complexity index is 629. The maximum absolute atomic E-state index is 12.7. The number of hydrogen-bond donors (Lipinski definition) is 1. The molecule has 5 nitrogen and oxygen atoms in total. The van der Waals surface area contributed by atoms with E-state index < -0.39 is 0 Å². The molecule has 1 aromatic carbocycles. The summed E-state index contributed by atoms with van der Waals surface area (Å²) in [5.74, 6) is 0.182. The Morgan fingerprint density at radius 3 is 2.61 bits per heavy atom. The van der Waals surface area contributed by atoms with Crippen molar-refractivity contribution in [3.63, 3.8) is 0 Å². The third kappa shape index (κ3) is 4.79. The second kappa shape index (κ2) is 8.29. The molecule has 23 heavy (non-hydrogen) atoms. The van der Waals surface area contributed by atoms with Crippen molar-refractivity contribution in [2.24, 2.45) is 0 Å². The first kappa shape index (κ1) is 17.0. The van der Waals surface area contributed by atoms with Crippen LogP contribution in [0, 0.1) is 0 Å². The van der Waals surface area contributed by atoms with E-state index in [0.29, 0.717) is 24.6 Å². The summed E-state index contributed by atoms with van der Waals surface area (Å²) in [5, 5.41) is 3.08. The van der Waals surface area contributed by atoms with E-state index in [-0.39, 0.29) is 11.9 Å². The number of hydrogen-bond acceptors (Lipinski definition) is 4. The van der Waals surface area contributed by atoms with Crippen LogP contribution in [-0.2, 0) is 0 Å². The molecule has 0 aliphatic carbocycles. The zero-order valence-electron chi connectivity index (χ0n) is 13.8. The highest BCUT2D eigenvalue weighted by Crippen LogP contribution is 2.18. The number of benzene rings is 1. The van der Waals surface area contributed by atoms with Gasteiger partial charge in [-0.25, -0.2) is 4.98 Å². The van der Waals surface area contributed by atoms with Gasteiger partial charge in [0, 0.05) is 12.7 Å². The first-order chi connectivity index (χ1) is 11.1. The zero-order valence-corrected chi connectivity index (χ0v) is 13.8. The molecule has 0 bridgehead atoms. The van der Waals surface area contributed by atoms with Crippen LogP contribution in [0.15, 0.2) is 48.7 Å². The Kier molecular flexibility index (Phi) is 6.11. The van der Waals surface area contributed by atoms with Crippen LogP contribution in [-0.4, -0.2) is 43.0 Å². The standard InChI is InChI=1S/C18H23N3O2/c1-4-23-18-15(11-8-12-19-18)17(22)20-16(13-21(2)3)14-9-6-5-7-10-14/h5-12,16H,4,13H2,1-3H3,(H,20,22). The number of likely N-dealkylation sites (N-methyl/N-ethyl adjacent to an activating group) is 1. The van der Waals surface area contributed by atoms with E-state index in [1.165, 1.54) is 0 Å². The van der Waals surface area contributed by atoms with Gasteiger partial charge in [0.2, 0.25) is 5.88 Å². The SMILES string of the molecule is CCOc1ncccc1C(=O)NC(CN(C)C)c1ccccc1. The van der Waals surface area contributed by atoms with Crippen LogP contribution in [0.2, 0.25) is 0 Å². The fourth-order valence-corrected chi connectivity index (χ4v) is 2.34. The number of nitrogens with zero attached hydrogens (tertiary/aromatic N) is 2. The maximum atomic E-state index is 12.7. The predicted molar refractivity (Wildman–Crippen MR) is 90.6 cm³/mol. The Morgan fingerprint density at radius 1 is 1.22 bits per heavy atom. The predicted octanol–water partition coefficient (Wildman–Crippen LogP) is 2.51. The second-order valence-corrected chi connectivity index (χ2v) is 5.49. The number of ether oxygens (including phenoxy) is 1. The number of aromatic nitrogens is 1. The van der Waals surface area contributed by atoms with Gasteiger partial charge in [0.15, 0.2) is 0 Å². The minimum absolute atomic E-state index is 0.103. The molecule has 122 valence electrons. The third-order valence-electron chi connectivity index (χ3n) is 3.35.